The minimum atomic E-state index is -1.36. The van der Waals surface area contributed by atoms with E-state index in [-0.39, 0.29) is 18.9 Å². The van der Waals surface area contributed by atoms with Crippen molar-refractivity contribution >= 4 is 5.57 Å². The SMILES string of the molecule is C.CCCC1CCC(C2CC=C(c3ccc(F)c(F)c3F)CC2)CC1.CCCC1CCC(C2CCC(c3ccc(F)c(F)c3F)CC2)CC1. The van der Waals surface area contributed by atoms with Crippen LogP contribution >= 0.6 is 0 Å². The van der Waals surface area contributed by atoms with Gasteiger partial charge in [0, 0.05) is 5.56 Å². The van der Waals surface area contributed by atoms with Crippen molar-refractivity contribution < 1.29 is 26.3 Å². The lowest BCUT2D eigenvalue weighted by Gasteiger charge is -2.38. The Balaban J connectivity index is 0.000000216. The van der Waals surface area contributed by atoms with Crippen molar-refractivity contribution in [1.29, 1.82) is 0 Å². The predicted octanol–water partition coefficient (Wildman–Crippen LogP) is 14.5. The third-order valence-corrected chi connectivity index (χ3v) is 12.6. The molecule has 0 bridgehead atoms. The second-order valence-electron chi connectivity index (χ2n) is 15.5. The molecule has 49 heavy (non-hydrogen) atoms. The van der Waals surface area contributed by atoms with Gasteiger partial charge in [0.15, 0.2) is 34.9 Å². The van der Waals surface area contributed by atoms with Gasteiger partial charge < -0.3 is 0 Å². The average Bonchev–Trinajstić information content (AvgIpc) is 3.11. The number of allylic oxidation sites excluding steroid dienone is 2. The van der Waals surface area contributed by atoms with Gasteiger partial charge in [-0.1, -0.05) is 84.8 Å². The quantitative estimate of drug-likeness (QED) is 0.191. The molecular formula is C43H60F6. The van der Waals surface area contributed by atoms with Gasteiger partial charge in [0.2, 0.25) is 0 Å². The van der Waals surface area contributed by atoms with Crippen molar-refractivity contribution in [1.82, 2.24) is 0 Å². The summed E-state index contributed by atoms with van der Waals surface area (Å²) in [6.45, 7) is 4.53. The van der Waals surface area contributed by atoms with Gasteiger partial charge in [-0.2, -0.15) is 0 Å². The zero-order valence-corrected chi connectivity index (χ0v) is 29.1. The zero-order valence-electron chi connectivity index (χ0n) is 29.1. The fourth-order valence-electron chi connectivity index (χ4n) is 9.77. The van der Waals surface area contributed by atoms with Gasteiger partial charge in [0.1, 0.15) is 0 Å². The normalized spacial score (nSPS) is 28.9. The van der Waals surface area contributed by atoms with Crippen LogP contribution in [0, 0.1) is 70.4 Å². The van der Waals surface area contributed by atoms with E-state index in [4.69, 9.17) is 0 Å². The maximum atomic E-state index is 14.0. The highest BCUT2D eigenvalue weighted by atomic mass is 19.2. The minimum absolute atomic E-state index is 0. The van der Waals surface area contributed by atoms with Crippen LogP contribution in [0.5, 0.6) is 0 Å². The molecule has 0 amide bonds. The maximum Gasteiger partial charge on any atom is 0.195 e. The summed E-state index contributed by atoms with van der Waals surface area (Å²) in [4.78, 5) is 0. The molecule has 0 heterocycles. The second kappa shape index (κ2) is 18.8. The van der Waals surface area contributed by atoms with Crippen LogP contribution < -0.4 is 0 Å². The molecule has 6 rings (SSSR count). The zero-order chi connectivity index (χ0) is 34.2. The van der Waals surface area contributed by atoms with E-state index in [2.05, 4.69) is 19.9 Å². The fourth-order valence-corrected chi connectivity index (χ4v) is 9.77. The number of halogens is 6. The largest absolute Gasteiger partial charge is 0.204 e. The monoisotopic (exact) mass is 690 g/mol. The molecule has 1 atom stereocenters. The number of hydrogen-bond acceptors (Lipinski definition) is 0. The molecule has 2 aromatic rings. The molecule has 0 nitrogen and oxygen atoms in total. The van der Waals surface area contributed by atoms with Crippen LogP contribution in [-0.2, 0) is 0 Å². The summed E-state index contributed by atoms with van der Waals surface area (Å²) in [5.74, 6) is -1.97. The molecule has 0 radical (unpaired) electrons. The molecule has 274 valence electrons. The first kappa shape index (κ1) is 39.5. The van der Waals surface area contributed by atoms with Crippen molar-refractivity contribution in [3.8, 4) is 0 Å². The van der Waals surface area contributed by atoms with Crippen molar-refractivity contribution in [3.05, 3.63) is 76.4 Å². The first-order chi connectivity index (χ1) is 23.2. The number of benzene rings is 2. The lowest BCUT2D eigenvalue weighted by Crippen LogP contribution is -2.25. The molecule has 0 saturated heterocycles. The van der Waals surface area contributed by atoms with Gasteiger partial charge in [-0.25, -0.2) is 26.3 Å². The van der Waals surface area contributed by atoms with E-state index in [0.29, 0.717) is 11.5 Å². The van der Waals surface area contributed by atoms with Crippen LogP contribution in [0.25, 0.3) is 5.57 Å². The van der Waals surface area contributed by atoms with Gasteiger partial charge in [0.25, 0.3) is 0 Å². The Morgan fingerprint density at radius 2 is 0.980 bits per heavy atom. The van der Waals surface area contributed by atoms with E-state index >= 15 is 0 Å². The summed E-state index contributed by atoms with van der Waals surface area (Å²) in [5, 5.41) is 0. The lowest BCUT2D eigenvalue weighted by molar-refractivity contribution is 0.156. The van der Waals surface area contributed by atoms with Gasteiger partial charge in [-0.15, -0.1) is 0 Å². The summed E-state index contributed by atoms with van der Waals surface area (Å²) < 4.78 is 81.0. The molecule has 0 spiro atoms. The number of rotatable bonds is 8. The second-order valence-corrected chi connectivity index (χ2v) is 15.5. The third kappa shape index (κ3) is 9.97. The van der Waals surface area contributed by atoms with Crippen LogP contribution in [0.1, 0.15) is 160 Å². The van der Waals surface area contributed by atoms with Crippen LogP contribution in [0.3, 0.4) is 0 Å². The Bertz CT molecular complexity index is 1340. The van der Waals surface area contributed by atoms with Gasteiger partial charge in [-0.3, -0.25) is 0 Å². The van der Waals surface area contributed by atoms with E-state index in [1.165, 1.54) is 89.2 Å². The number of hydrogen-bond donors (Lipinski definition) is 0. The first-order valence-corrected chi connectivity index (χ1v) is 19.2. The Hall–Kier alpha value is -2.24. The topological polar surface area (TPSA) is 0 Å². The first-order valence-electron chi connectivity index (χ1n) is 19.2. The Morgan fingerprint density at radius 1 is 0.510 bits per heavy atom. The van der Waals surface area contributed by atoms with Crippen molar-refractivity contribution in [2.24, 2.45) is 35.5 Å². The molecule has 4 aliphatic rings. The smallest absolute Gasteiger partial charge is 0.195 e. The fraction of sp³-hybridized carbons (Fsp3) is 0.674. The highest BCUT2D eigenvalue weighted by Gasteiger charge is 2.33. The summed E-state index contributed by atoms with van der Waals surface area (Å²) in [7, 11) is 0. The van der Waals surface area contributed by atoms with Crippen LogP contribution in [0.15, 0.2) is 30.3 Å². The highest BCUT2D eigenvalue weighted by Crippen LogP contribution is 2.45. The Labute approximate surface area is 292 Å². The summed E-state index contributed by atoms with van der Waals surface area (Å²) in [6.07, 6.45) is 24.9. The van der Waals surface area contributed by atoms with Crippen molar-refractivity contribution in [2.75, 3.05) is 0 Å². The van der Waals surface area contributed by atoms with Gasteiger partial charge in [-0.05, 0) is 141 Å². The Morgan fingerprint density at radius 3 is 1.47 bits per heavy atom. The predicted molar refractivity (Wildman–Crippen MR) is 190 cm³/mol. The average molecular weight is 691 g/mol. The summed E-state index contributed by atoms with van der Waals surface area (Å²) in [6, 6.07) is 4.90. The van der Waals surface area contributed by atoms with Crippen LogP contribution in [0.2, 0.25) is 0 Å². The summed E-state index contributed by atoms with van der Waals surface area (Å²) >= 11 is 0. The minimum Gasteiger partial charge on any atom is -0.204 e. The van der Waals surface area contributed by atoms with Crippen molar-refractivity contribution in [2.45, 2.75) is 149 Å². The van der Waals surface area contributed by atoms with Crippen LogP contribution in [0.4, 0.5) is 26.3 Å². The molecule has 0 aliphatic heterocycles. The standard InChI is InChI=1S/C21H29F3.C21H27F3.CH4/c2*1-2-3-14-4-6-15(7-5-14)16-8-10-17(11-9-16)18-12-13-19(22)21(24)20(18)23;/h12-17H,2-11H2,1H3;10,12-16H,2-9,11H2,1H3;1H4. The van der Waals surface area contributed by atoms with Crippen molar-refractivity contribution in [3.63, 3.8) is 0 Å². The molecular weight excluding hydrogens is 630 g/mol. The van der Waals surface area contributed by atoms with Gasteiger partial charge >= 0.3 is 0 Å². The molecule has 1 unspecified atom stereocenters. The maximum absolute atomic E-state index is 14.0. The van der Waals surface area contributed by atoms with Gasteiger partial charge in [0.05, 0.1) is 0 Å². The molecule has 4 aliphatic carbocycles. The third-order valence-electron chi connectivity index (χ3n) is 12.6. The highest BCUT2D eigenvalue weighted by molar-refractivity contribution is 5.66. The van der Waals surface area contributed by atoms with E-state index < -0.39 is 34.9 Å². The molecule has 0 N–H and O–H groups in total. The molecule has 3 fully saturated rings. The molecule has 0 aromatic heterocycles. The Kier molecular flexibility index (Phi) is 15.2. The summed E-state index contributed by atoms with van der Waals surface area (Å²) in [5.41, 5.74) is 1.44. The van der Waals surface area contributed by atoms with Crippen LogP contribution in [-0.4, -0.2) is 0 Å². The lowest BCUT2D eigenvalue weighted by atomic mass is 9.68. The van der Waals surface area contributed by atoms with E-state index in [1.807, 2.05) is 0 Å². The van der Waals surface area contributed by atoms with E-state index in [1.54, 1.807) is 0 Å². The van der Waals surface area contributed by atoms with E-state index in [0.717, 1.165) is 92.2 Å². The molecule has 6 heteroatoms. The van der Waals surface area contributed by atoms with E-state index in [9.17, 15) is 26.3 Å². The molecule has 3 saturated carbocycles. The molecule has 2 aromatic carbocycles.